The van der Waals surface area contributed by atoms with Crippen molar-refractivity contribution in [3.8, 4) is 0 Å². The van der Waals surface area contributed by atoms with Gasteiger partial charge in [-0.05, 0) is 36.5 Å². The molecule has 0 unspecified atom stereocenters. The Hall–Kier alpha value is -1.88. The molecule has 0 aromatic heterocycles. The molecular weight excluding hydrogens is 270 g/mol. The fourth-order valence-corrected chi connectivity index (χ4v) is 2.16. The van der Waals surface area contributed by atoms with Crippen LogP contribution >= 0.6 is 0 Å². The number of carbonyl (C=O) groups excluding carboxylic acids is 1. The van der Waals surface area contributed by atoms with E-state index in [0.29, 0.717) is 12.8 Å². The van der Waals surface area contributed by atoms with Gasteiger partial charge in [-0.15, -0.1) is 0 Å². The van der Waals surface area contributed by atoms with Crippen LogP contribution in [0, 0.1) is 5.92 Å². The third kappa shape index (κ3) is 5.55. The lowest BCUT2D eigenvalue weighted by Crippen LogP contribution is -2.38. The number of nitrogens with one attached hydrogen (secondary N) is 1. The Morgan fingerprint density at radius 2 is 1.81 bits per heavy atom. The van der Waals surface area contributed by atoms with Crippen molar-refractivity contribution in [3.63, 3.8) is 0 Å². The van der Waals surface area contributed by atoms with Crippen LogP contribution in [0.25, 0.3) is 0 Å². The van der Waals surface area contributed by atoms with Gasteiger partial charge < -0.3 is 15.5 Å². The summed E-state index contributed by atoms with van der Waals surface area (Å²) in [5.74, 6) is -1.25. The van der Waals surface area contributed by atoms with Gasteiger partial charge in [0, 0.05) is 12.6 Å². The maximum absolute atomic E-state index is 10.9. The van der Waals surface area contributed by atoms with Crippen LogP contribution in [0.3, 0.4) is 0 Å². The molecule has 0 saturated heterocycles. The van der Waals surface area contributed by atoms with E-state index < -0.39 is 11.6 Å². The second-order valence-electron chi connectivity index (χ2n) is 5.71. The Morgan fingerprint density at radius 1 is 1.24 bits per heavy atom. The number of amides is 1. The number of aliphatic carboxylic acids is 1. The van der Waals surface area contributed by atoms with Crippen LogP contribution in [-0.2, 0) is 16.0 Å². The summed E-state index contributed by atoms with van der Waals surface area (Å²) in [6, 6.07) is 7.32. The van der Waals surface area contributed by atoms with Crippen molar-refractivity contribution in [2.24, 2.45) is 5.92 Å². The van der Waals surface area contributed by atoms with Crippen molar-refractivity contribution in [3.05, 3.63) is 29.8 Å². The van der Waals surface area contributed by atoms with E-state index in [1.54, 1.807) is 12.1 Å². The lowest BCUT2D eigenvalue weighted by Gasteiger charge is -2.30. The summed E-state index contributed by atoms with van der Waals surface area (Å²) < 4.78 is 0. The van der Waals surface area contributed by atoms with Crippen molar-refractivity contribution >= 4 is 17.6 Å². The van der Waals surface area contributed by atoms with Crippen molar-refractivity contribution in [2.45, 2.75) is 45.6 Å². The fraction of sp³-hybridized carbons (Fsp3) is 0.500. The third-order valence-electron chi connectivity index (χ3n) is 3.65. The highest BCUT2D eigenvalue weighted by Gasteiger charge is 2.33. The first-order valence-corrected chi connectivity index (χ1v) is 7.03. The highest BCUT2D eigenvalue weighted by Crippen LogP contribution is 2.27. The normalized spacial score (nSPS) is 13.8. The predicted molar refractivity (Wildman–Crippen MR) is 81.1 cm³/mol. The van der Waals surface area contributed by atoms with Gasteiger partial charge in [0.2, 0.25) is 5.91 Å². The van der Waals surface area contributed by atoms with Crippen LogP contribution in [0.4, 0.5) is 5.69 Å². The molecular formula is C16H23NO4. The number of aryl methyl sites for hydroxylation is 1. The number of rotatable bonds is 7. The largest absolute Gasteiger partial charge is 0.481 e. The maximum Gasteiger partial charge on any atom is 0.306 e. The molecule has 116 valence electrons. The third-order valence-corrected chi connectivity index (χ3v) is 3.65. The van der Waals surface area contributed by atoms with E-state index in [4.69, 9.17) is 5.11 Å². The van der Waals surface area contributed by atoms with E-state index in [-0.39, 0.29) is 18.2 Å². The summed E-state index contributed by atoms with van der Waals surface area (Å²) in [4.78, 5) is 21.8. The summed E-state index contributed by atoms with van der Waals surface area (Å²) in [5, 5.41) is 22.1. The highest BCUT2D eigenvalue weighted by molar-refractivity contribution is 5.88. The first kappa shape index (κ1) is 17.2. The SMILES string of the molecule is CC(=O)Nc1ccc(CC[C@](O)(CC(=O)O)C(C)C)cc1. The van der Waals surface area contributed by atoms with Gasteiger partial charge >= 0.3 is 5.97 Å². The predicted octanol–water partition coefficient (Wildman–Crippen LogP) is 2.44. The molecule has 1 atom stereocenters. The molecule has 21 heavy (non-hydrogen) atoms. The van der Waals surface area contributed by atoms with Gasteiger partial charge in [0.15, 0.2) is 0 Å². The van der Waals surface area contributed by atoms with Crippen molar-refractivity contribution < 1.29 is 19.8 Å². The topological polar surface area (TPSA) is 86.6 Å². The van der Waals surface area contributed by atoms with Gasteiger partial charge in [0.05, 0.1) is 12.0 Å². The Balaban J connectivity index is 2.68. The van der Waals surface area contributed by atoms with Crippen LogP contribution in [0.1, 0.15) is 39.2 Å². The summed E-state index contributed by atoms with van der Waals surface area (Å²) in [5.41, 5.74) is 0.506. The van der Waals surface area contributed by atoms with Crippen molar-refractivity contribution in [1.82, 2.24) is 0 Å². The van der Waals surface area contributed by atoms with E-state index in [1.165, 1.54) is 6.92 Å². The zero-order valence-corrected chi connectivity index (χ0v) is 12.7. The molecule has 1 aromatic carbocycles. The van der Waals surface area contributed by atoms with E-state index in [9.17, 15) is 14.7 Å². The average molecular weight is 293 g/mol. The standard InChI is InChI=1S/C16H23NO4/c1-11(2)16(21,10-15(19)20)9-8-13-4-6-14(7-5-13)17-12(3)18/h4-7,11,21H,8-10H2,1-3H3,(H,17,18)(H,19,20)/t16-/m0/s1. The molecule has 0 heterocycles. The summed E-state index contributed by atoms with van der Waals surface area (Å²) in [7, 11) is 0. The van der Waals surface area contributed by atoms with E-state index >= 15 is 0 Å². The quantitative estimate of drug-likeness (QED) is 0.720. The van der Waals surface area contributed by atoms with Gasteiger partial charge in [0.1, 0.15) is 0 Å². The number of aliphatic hydroxyl groups is 1. The summed E-state index contributed by atoms with van der Waals surface area (Å²) in [6.45, 7) is 5.09. The number of carbonyl (C=O) groups is 2. The number of benzene rings is 1. The molecule has 0 aliphatic carbocycles. The molecule has 3 N–H and O–H groups in total. The Bertz CT molecular complexity index is 496. The molecule has 1 aromatic rings. The second-order valence-corrected chi connectivity index (χ2v) is 5.71. The average Bonchev–Trinajstić information content (AvgIpc) is 2.36. The number of anilines is 1. The van der Waals surface area contributed by atoms with E-state index in [0.717, 1.165) is 11.3 Å². The molecule has 0 aliphatic rings. The van der Waals surface area contributed by atoms with E-state index in [1.807, 2.05) is 26.0 Å². The Labute approximate surface area is 125 Å². The zero-order valence-electron chi connectivity index (χ0n) is 12.7. The van der Waals surface area contributed by atoms with Crippen LogP contribution in [-0.4, -0.2) is 27.7 Å². The molecule has 5 nitrogen and oxygen atoms in total. The van der Waals surface area contributed by atoms with Crippen LogP contribution in [0.15, 0.2) is 24.3 Å². The van der Waals surface area contributed by atoms with Crippen LogP contribution in [0.2, 0.25) is 0 Å². The molecule has 1 rings (SSSR count). The Morgan fingerprint density at radius 3 is 2.24 bits per heavy atom. The number of hydrogen-bond donors (Lipinski definition) is 3. The molecule has 1 amide bonds. The lowest BCUT2D eigenvalue weighted by molar-refractivity contribution is -0.145. The number of carboxylic acids is 1. The summed E-state index contributed by atoms with van der Waals surface area (Å²) in [6.07, 6.45) is 0.716. The minimum absolute atomic E-state index is 0.126. The Kier molecular flexibility index (Phi) is 5.90. The second kappa shape index (κ2) is 7.22. The fourth-order valence-electron chi connectivity index (χ4n) is 2.16. The maximum atomic E-state index is 10.9. The zero-order chi connectivity index (χ0) is 16.0. The van der Waals surface area contributed by atoms with Gasteiger partial charge in [-0.3, -0.25) is 9.59 Å². The van der Waals surface area contributed by atoms with Crippen molar-refractivity contribution in [1.29, 1.82) is 0 Å². The molecule has 0 radical (unpaired) electrons. The highest BCUT2D eigenvalue weighted by atomic mass is 16.4. The minimum atomic E-state index is -1.21. The molecule has 0 aliphatic heterocycles. The number of carboxylic acid groups (broad SMARTS) is 1. The smallest absolute Gasteiger partial charge is 0.306 e. The van der Waals surface area contributed by atoms with E-state index in [2.05, 4.69) is 5.32 Å². The van der Waals surface area contributed by atoms with Gasteiger partial charge in [0.25, 0.3) is 0 Å². The molecule has 0 spiro atoms. The molecule has 0 saturated carbocycles. The van der Waals surface area contributed by atoms with Crippen LogP contribution in [0.5, 0.6) is 0 Å². The lowest BCUT2D eigenvalue weighted by atomic mass is 9.82. The first-order valence-electron chi connectivity index (χ1n) is 7.03. The first-order chi connectivity index (χ1) is 9.73. The monoisotopic (exact) mass is 293 g/mol. The van der Waals surface area contributed by atoms with Gasteiger partial charge in [-0.2, -0.15) is 0 Å². The minimum Gasteiger partial charge on any atom is -0.481 e. The molecule has 5 heteroatoms. The van der Waals surface area contributed by atoms with Gasteiger partial charge in [-0.1, -0.05) is 26.0 Å². The molecule has 0 fully saturated rings. The van der Waals surface area contributed by atoms with Gasteiger partial charge in [-0.25, -0.2) is 0 Å². The number of hydrogen-bond acceptors (Lipinski definition) is 3. The summed E-state index contributed by atoms with van der Waals surface area (Å²) >= 11 is 0. The molecule has 0 bridgehead atoms. The van der Waals surface area contributed by atoms with Crippen LogP contribution < -0.4 is 5.32 Å². The van der Waals surface area contributed by atoms with Crippen molar-refractivity contribution in [2.75, 3.05) is 5.32 Å².